The molecule has 2 saturated heterocycles. The molecule has 8 nitrogen and oxygen atoms in total. The molecule has 3 heterocycles. The number of imide groups is 1. The maximum absolute atomic E-state index is 13.3. The molecule has 1 atom stereocenters. The Morgan fingerprint density at radius 2 is 1.76 bits per heavy atom. The number of carbonyl (C=O) groups excluding carboxylic acids is 3. The van der Waals surface area contributed by atoms with E-state index in [-0.39, 0.29) is 30.4 Å². The molecule has 2 N–H and O–H groups in total. The van der Waals surface area contributed by atoms with Gasteiger partial charge in [-0.05, 0) is 54.7 Å². The summed E-state index contributed by atoms with van der Waals surface area (Å²) in [6, 6.07) is 20.6. The lowest BCUT2D eigenvalue weighted by molar-refractivity contribution is -0.133. The van der Waals surface area contributed by atoms with Gasteiger partial charge >= 0.3 is 6.03 Å². The monoisotopic (exact) mass is 575 g/mol. The molecule has 5 rings (SSSR count). The molecule has 2 aromatic carbocycles. The number of nitrogens with one attached hydrogen (secondary N) is 2. The molecule has 9 heteroatoms. The highest BCUT2D eigenvalue weighted by Crippen LogP contribution is 2.31. The first kappa shape index (κ1) is 26.1. The normalized spacial score (nSPS) is 17.9. The average molecular weight is 576 g/mol. The molecule has 0 aliphatic carbocycles. The number of nitrogens with zero attached hydrogens (tertiary/aromatic N) is 3. The van der Waals surface area contributed by atoms with Gasteiger partial charge in [0.2, 0.25) is 0 Å². The molecule has 3 aromatic rings. The molecule has 4 amide bonds. The van der Waals surface area contributed by atoms with Gasteiger partial charge in [-0.1, -0.05) is 58.4 Å². The number of hydrogen-bond donors (Lipinski definition) is 2. The van der Waals surface area contributed by atoms with Crippen LogP contribution in [-0.4, -0.2) is 57.8 Å². The summed E-state index contributed by atoms with van der Waals surface area (Å²) in [5.41, 5.74) is 1.64. The fourth-order valence-corrected chi connectivity index (χ4v) is 5.41. The highest BCUT2D eigenvalue weighted by atomic mass is 79.9. The number of benzene rings is 2. The van der Waals surface area contributed by atoms with Gasteiger partial charge < -0.3 is 15.5 Å². The number of hydrogen-bond acceptors (Lipinski definition) is 5. The zero-order valence-corrected chi connectivity index (χ0v) is 22.6. The van der Waals surface area contributed by atoms with Crippen molar-refractivity contribution in [1.82, 2.24) is 25.4 Å². The predicted octanol–water partition coefficient (Wildman–Crippen LogP) is 4.29. The summed E-state index contributed by atoms with van der Waals surface area (Å²) < 4.78 is 0.952. The highest BCUT2D eigenvalue weighted by molar-refractivity contribution is 9.10. The maximum Gasteiger partial charge on any atom is 0.325 e. The SMILES string of the molecule is O=C(N[C@@H](CCN1CCC2(CC1)NC(=O)N(Cc1ccc(Br)cc1)C2=O)c1ccccc1)c1cccnc1. The van der Waals surface area contributed by atoms with E-state index in [1.807, 2.05) is 54.6 Å². The number of halogens is 1. The summed E-state index contributed by atoms with van der Waals surface area (Å²) in [5, 5.41) is 6.15. The number of aromatic nitrogens is 1. The zero-order valence-electron chi connectivity index (χ0n) is 21.0. The van der Waals surface area contributed by atoms with E-state index in [9.17, 15) is 14.4 Å². The first-order valence-electron chi connectivity index (χ1n) is 12.8. The Labute approximate surface area is 230 Å². The van der Waals surface area contributed by atoms with Crippen molar-refractivity contribution >= 4 is 33.8 Å². The fraction of sp³-hybridized carbons (Fsp3) is 0.310. The number of urea groups is 1. The Morgan fingerprint density at radius 3 is 2.45 bits per heavy atom. The second-order valence-electron chi connectivity index (χ2n) is 9.84. The Bertz CT molecular complexity index is 1280. The quantitative estimate of drug-likeness (QED) is 0.391. The van der Waals surface area contributed by atoms with Crippen LogP contribution in [-0.2, 0) is 11.3 Å². The van der Waals surface area contributed by atoms with E-state index in [0.29, 0.717) is 31.5 Å². The summed E-state index contributed by atoms with van der Waals surface area (Å²) in [6.45, 7) is 2.40. The lowest BCUT2D eigenvalue weighted by Gasteiger charge is -2.37. The van der Waals surface area contributed by atoms with Gasteiger partial charge in [-0.25, -0.2) is 4.79 Å². The van der Waals surface area contributed by atoms with Crippen molar-refractivity contribution in [2.45, 2.75) is 37.4 Å². The van der Waals surface area contributed by atoms with Crippen molar-refractivity contribution in [2.24, 2.45) is 0 Å². The average Bonchev–Trinajstić information content (AvgIpc) is 3.17. The fourth-order valence-electron chi connectivity index (χ4n) is 5.15. The Kier molecular flexibility index (Phi) is 7.85. The highest BCUT2D eigenvalue weighted by Gasteiger charge is 2.52. The van der Waals surface area contributed by atoms with Crippen LogP contribution in [0.15, 0.2) is 83.6 Å². The van der Waals surface area contributed by atoms with Crippen LogP contribution in [0.25, 0.3) is 0 Å². The standard InChI is InChI=1S/C29H30BrN5O3/c30-24-10-8-21(9-11-24)20-35-27(37)29(33-28(35)38)13-17-34(18-14-29)16-12-25(22-5-2-1-3-6-22)32-26(36)23-7-4-15-31-19-23/h1-11,15,19,25H,12-14,16-18,20H2,(H,32,36)(H,33,38)/t25-/m0/s1. The number of piperidine rings is 1. The van der Waals surface area contributed by atoms with Crippen molar-refractivity contribution < 1.29 is 14.4 Å². The third-order valence-electron chi connectivity index (χ3n) is 7.37. The molecule has 38 heavy (non-hydrogen) atoms. The van der Waals surface area contributed by atoms with Crippen molar-refractivity contribution in [3.63, 3.8) is 0 Å². The van der Waals surface area contributed by atoms with Crippen LogP contribution in [0.2, 0.25) is 0 Å². The number of amides is 4. The molecule has 1 aromatic heterocycles. The summed E-state index contributed by atoms with van der Waals surface area (Å²) in [7, 11) is 0. The second-order valence-corrected chi connectivity index (χ2v) is 10.8. The van der Waals surface area contributed by atoms with E-state index in [1.54, 1.807) is 24.5 Å². The molecule has 2 aliphatic heterocycles. The van der Waals surface area contributed by atoms with Gasteiger partial charge in [-0.15, -0.1) is 0 Å². The van der Waals surface area contributed by atoms with Crippen LogP contribution in [0, 0.1) is 0 Å². The zero-order chi connectivity index (χ0) is 26.5. The number of carbonyl (C=O) groups is 3. The van der Waals surface area contributed by atoms with E-state index < -0.39 is 5.54 Å². The lowest BCUT2D eigenvalue weighted by Crippen LogP contribution is -2.55. The first-order chi connectivity index (χ1) is 18.4. The third kappa shape index (κ3) is 5.79. The van der Waals surface area contributed by atoms with E-state index in [2.05, 4.69) is 36.4 Å². The van der Waals surface area contributed by atoms with Crippen molar-refractivity contribution in [3.05, 3.63) is 100 Å². The van der Waals surface area contributed by atoms with Gasteiger partial charge in [0.05, 0.1) is 18.2 Å². The molecule has 1 spiro atoms. The van der Waals surface area contributed by atoms with Crippen LogP contribution in [0.1, 0.15) is 46.8 Å². The summed E-state index contributed by atoms with van der Waals surface area (Å²) in [5.74, 6) is -0.300. The maximum atomic E-state index is 13.3. The van der Waals surface area contributed by atoms with Crippen LogP contribution in [0.3, 0.4) is 0 Å². The van der Waals surface area contributed by atoms with Gasteiger partial charge in [0.25, 0.3) is 11.8 Å². The van der Waals surface area contributed by atoms with Gasteiger partial charge in [0.15, 0.2) is 0 Å². The number of likely N-dealkylation sites (tertiary alicyclic amines) is 1. The van der Waals surface area contributed by atoms with Crippen molar-refractivity contribution in [1.29, 1.82) is 0 Å². The van der Waals surface area contributed by atoms with E-state index >= 15 is 0 Å². The molecule has 196 valence electrons. The predicted molar refractivity (Wildman–Crippen MR) is 147 cm³/mol. The van der Waals surface area contributed by atoms with Gasteiger partial charge in [0.1, 0.15) is 5.54 Å². The molecule has 0 radical (unpaired) electrons. The van der Waals surface area contributed by atoms with Crippen LogP contribution in [0.5, 0.6) is 0 Å². The smallest absolute Gasteiger partial charge is 0.325 e. The second kappa shape index (κ2) is 11.4. The molecule has 0 saturated carbocycles. The summed E-state index contributed by atoms with van der Waals surface area (Å²) in [4.78, 5) is 46.6. The minimum Gasteiger partial charge on any atom is -0.345 e. The minimum atomic E-state index is -0.837. The lowest BCUT2D eigenvalue weighted by atomic mass is 9.87. The van der Waals surface area contributed by atoms with Crippen molar-refractivity contribution in [3.8, 4) is 0 Å². The first-order valence-corrected chi connectivity index (χ1v) is 13.6. The summed E-state index contributed by atoms with van der Waals surface area (Å²) >= 11 is 3.41. The van der Waals surface area contributed by atoms with E-state index in [0.717, 1.165) is 28.6 Å². The molecule has 0 unspecified atom stereocenters. The Hall–Kier alpha value is -3.56. The topological polar surface area (TPSA) is 94.6 Å². The van der Waals surface area contributed by atoms with Gasteiger partial charge in [0, 0.05) is 36.5 Å². The van der Waals surface area contributed by atoms with Crippen LogP contribution < -0.4 is 10.6 Å². The molecular weight excluding hydrogens is 546 g/mol. The Morgan fingerprint density at radius 1 is 1.03 bits per heavy atom. The minimum absolute atomic E-state index is 0.143. The van der Waals surface area contributed by atoms with Gasteiger partial charge in [-0.3, -0.25) is 19.5 Å². The van der Waals surface area contributed by atoms with Crippen LogP contribution in [0.4, 0.5) is 4.79 Å². The largest absolute Gasteiger partial charge is 0.345 e. The summed E-state index contributed by atoms with van der Waals surface area (Å²) in [6.07, 6.45) is 5.05. The Balaban J connectivity index is 1.19. The molecular formula is C29H30BrN5O3. The molecule has 2 fully saturated rings. The third-order valence-corrected chi connectivity index (χ3v) is 7.90. The molecule has 2 aliphatic rings. The molecule has 0 bridgehead atoms. The number of pyridine rings is 1. The van der Waals surface area contributed by atoms with E-state index in [1.165, 1.54) is 4.90 Å². The number of rotatable bonds is 8. The van der Waals surface area contributed by atoms with Crippen LogP contribution >= 0.6 is 15.9 Å². The van der Waals surface area contributed by atoms with Gasteiger partial charge in [-0.2, -0.15) is 0 Å². The van der Waals surface area contributed by atoms with E-state index in [4.69, 9.17) is 0 Å². The van der Waals surface area contributed by atoms with Crippen molar-refractivity contribution in [2.75, 3.05) is 19.6 Å².